The third-order valence-corrected chi connectivity index (χ3v) is 3.94. The molecule has 0 saturated carbocycles. The summed E-state index contributed by atoms with van der Waals surface area (Å²) in [4.78, 5) is 36.0. The van der Waals surface area contributed by atoms with Crippen molar-refractivity contribution in [2.75, 3.05) is 31.5 Å². The van der Waals surface area contributed by atoms with Gasteiger partial charge in [0.05, 0.1) is 38.6 Å². The Hall–Kier alpha value is -3.55. The Bertz CT molecular complexity index is 867. The molecule has 2 aromatic rings. The molecule has 2 amide bonds. The Morgan fingerprint density at radius 3 is 2.00 bits per heavy atom. The van der Waals surface area contributed by atoms with E-state index in [0.29, 0.717) is 28.4 Å². The maximum absolute atomic E-state index is 12.4. The molecule has 0 aliphatic rings. The standard InChI is InChI=1S/C21H24N2O6/c1-4-29-20(25)11-10-19(24)22-15-12-18(28-3)16(13-17(15)27-2)23-21(26)14-8-6-5-7-9-14/h5-9,12-13H,4,10-11H2,1-3H3,(H,22,24)(H,23,26). The van der Waals surface area contributed by atoms with Gasteiger partial charge in [0.1, 0.15) is 11.5 Å². The topological polar surface area (TPSA) is 103 Å². The number of rotatable bonds is 9. The average Bonchev–Trinajstić information content (AvgIpc) is 2.73. The van der Waals surface area contributed by atoms with Crippen LogP contribution in [-0.4, -0.2) is 38.6 Å². The van der Waals surface area contributed by atoms with Gasteiger partial charge in [0.15, 0.2) is 0 Å². The summed E-state index contributed by atoms with van der Waals surface area (Å²) < 4.78 is 15.5. The predicted octanol–water partition coefficient (Wildman–Crippen LogP) is 3.24. The van der Waals surface area contributed by atoms with E-state index < -0.39 is 5.97 Å². The summed E-state index contributed by atoms with van der Waals surface area (Å²) in [5.41, 5.74) is 1.24. The SMILES string of the molecule is CCOC(=O)CCC(=O)Nc1cc(OC)c(NC(=O)c2ccccc2)cc1OC. The second-order valence-electron chi connectivity index (χ2n) is 5.93. The largest absolute Gasteiger partial charge is 0.494 e. The fourth-order valence-corrected chi connectivity index (χ4v) is 2.54. The van der Waals surface area contributed by atoms with Gasteiger partial charge in [-0.15, -0.1) is 0 Å². The molecule has 0 saturated heterocycles. The number of ether oxygens (including phenoxy) is 3. The van der Waals surface area contributed by atoms with E-state index in [9.17, 15) is 14.4 Å². The molecule has 0 heterocycles. The number of anilines is 2. The number of amides is 2. The normalized spacial score (nSPS) is 10.0. The van der Waals surface area contributed by atoms with Gasteiger partial charge in [0.25, 0.3) is 5.91 Å². The molecule has 154 valence electrons. The van der Waals surface area contributed by atoms with Crippen molar-refractivity contribution in [1.29, 1.82) is 0 Å². The molecule has 29 heavy (non-hydrogen) atoms. The van der Waals surface area contributed by atoms with Crippen LogP contribution in [0.2, 0.25) is 0 Å². The second kappa shape index (κ2) is 10.7. The van der Waals surface area contributed by atoms with Crippen molar-refractivity contribution in [3.63, 3.8) is 0 Å². The average molecular weight is 400 g/mol. The lowest BCUT2D eigenvalue weighted by Crippen LogP contribution is -2.16. The van der Waals surface area contributed by atoms with E-state index in [4.69, 9.17) is 14.2 Å². The van der Waals surface area contributed by atoms with E-state index in [1.807, 2.05) is 6.07 Å². The molecular weight excluding hydrogens is 376 g/mol. The first-order chi connectivity index (χ1) is 14.0. The summed E-state index contributed by atoms with van der Waals surface area (Å²) in [6.45, 7) is 1.97. The summed E-state index contributed by atoms with van der Waals surface area (Å²) >= 11 is 0. The van der Waals surface area contributed by atoms with Crippen LogP contribution in [0.25, 0.3) is 0 Å². The van der Waals surface area contributed by atoms with Crippen molar-refractivity contribution in [2.24, 2.45) is 0 Å². The zero-order valence-electron chi connectivity index (χ0n) is 16.6. The van der Waals surface area contributed by atoms with Crippen LogP contribution in [0.4, 0.5) is 11.4 Å². The maximum atomic E-state index is 12.4. The Morgan fingerprint density at radius 2 is 1.45 bits per heavy atom. The number of carbonyl (C=O) groups is 3. The lowest BCUT2D eigenvalue weighted by Gasteiger charge is -2.16. The van der Waals surface area contributed by atoms with Crippen LogP contribution in [0.15, 0.2) is 42.5 Å². The van der Waals surface area contributed by atoms with Crippen LogP contribution in [0.5, 0.6) is 11.5 Å². The van der Waals surface area contributed by atoms with E-state index >= 15 is 0 Å². The van der Waals surface area contributed by atoms with Gasteiger partial charge < -0.3 is 24.8 Å². The molecule has 0 unspecified atom stereocenters. The van der Waals surface area contributed by atoms with Crippen LogP contribution in [0.3, 0.4) is 0 Å². The molecule has 0 spiro atoms. The molecule has 2 rings (SSSR count). The highest BCUT2D eigenvalue weighted by Gasteiger charge is 2.16. The molecule has 0 aromatic heterocycles. The number of nitrogens with one attached hydrogen (secondary N) is 2. The molecule has 2 aromatic carbocycles. The number of hydrogen-bond donors (Lipinski definition) is 2. The Balaban J connectivity index is 2.15. The number of hydrogen-bond acceptors (Lipinski definition) is 6. The highest BCUT2D eigenvalue weighted by atomic mass is 16.5. The van der Waals surface area contributed by atoms with Crippen molar-refractivity contribution in [3.8, 4) is 11.5 Å². The molecule has 0 radical (unpaired) electrons. The van der Waals surface area contributed by atoms with Gasteiger partial charge in [-0.1, -0.05) is 18.2 Å². The van der Waals surface area contributed by atoms with Gasteiger partial charge in [0, 0.05) is 24.1 Å². The van der Waals surface area contributed by atoms with Gasteiger partial charge in [-0.05, 0) is 19.1 Å². The predicted molar refractivity (Wildman–Crippen MR) is 108 cm³/mol. The van der Waals surface area contributed by atoms with E-state index in [-0.39, 0.29) is 31.3 Å². The molecule has 0 atom stereocenters. The monoisotopic (exact) mass is 400 g/mol. The third kappa shape index (κ3) is 6.24. The minimum Gasteiger partial charge on any atom is -0.494 e. The minimum absolute atomic E-state index is 0.0235. The highest BCUT2D eigenvalue weighted by molar-refractivity contribution is 6.05. The first-order valence-corrected chi connectivity index (χ1v) is 9.06. The first-order valence-electron chi connectivity index (χ1n) is 9.06. The summed E-state index contributed by atoms with van der Waals surface area (Å²) in [6, 6.07) is 11.8. The molecule has 0 aliphatic carbocycles. The van der Waals surface area contributed by atoms with Crippen molar-refractivity contribution in [2.45, 2.75) is 19.8 Å². The van der Waals surface area contributed by atoms with Crippen molar-refractivity contribution in [3.05, 3.63) is 48.0 Å². The maximum Gasteiger partial charge on any atom is 0.306 e. The summed E-state index contributed by atoms with van der Waals surface area (Å²) in [5.74, 6) is -0.447. The zero-order valence-corrected chi connectivity index (χ0v) is 16.6. The molecule has 8 heteroatoms. The number of methoxy groups -OCH3 is 2. The Kier molecular flexibility index (Phi) is 8.02. The van der Waals surface area contributed by atoms with Gasteiger partial charge in [-0.2, -0.15) is 0 Å². The summed E-state index contributed by atoms with van der Waals surface area (Å²) in [6.07, 6.45) is -0.0544. The van der Waals surface area contributed by atoms with Gasteiger partial charge >= 0.3 is 5.97 Å². The van der Waals surface area contributed by atoms with Gasteiger partial charge in [0.2, 0.25) is 5.91 Å². The fraction of sp³-hybridized carbons (Fsp3) is 0.286. The molecular formula is C21H24N2O6. The molecule has 0 fully saturated rings. The van der Waals surface area contributed by atoms with Crippen molar-refractivity contribution in [1.82, 2.24) is 0 Å². The lowest BCUT2D eigenvalue weighted by molar-refractivity contribution is -0.144. The van der Waals surface area contributed by atoms with Crippen molar-refractivity contribution < 1.29 is 28.6 Å². The highest BCUT2D eigenvalue weighted by Crippen LogP contribution is 2.36. The van der Waals surface area contributed by atoms with E-state index in [1.54, 1.807) is 43.3 Å². The first kappa shape index (κ1) is 21.7. The lowest BCUT2D eigenvalue weighted by atomic mass is 10.2. The second-order valence-corrected chi connectivity index (χ2v) is 5.93. The zero-order chi connectivity index (χ0) is 21.2. The molecule has 8 nitrogen and oxygen atoms in total. The summed E-state index contributed by atoms with van der Waals surface area (Å²) in [5, 5.41) is 5.45. The van der Waals surface area contributed by atoms with Crippen LogP contribution in [0.1, 0.15) is 30.1 Å². The van der Waals surface area contributed by atoms with Crippen LogP contribution in [-0.2, 0) is 14.3 Å². The van der Waals surface area contributed by atoms with Crippen LogP contribution in [0, 0.1) is 0 Å². The fourth-order valence-electron chi connectivity index (χ4n) is 2.54. The van der Waals surface area contributed by atoms with E-state index in [0.717, 1.165) is 0 Å². The Labute approximate surface area is 169 Å². The third-order valence-electron chi connectivity index (χ3n) is 3.94. The van der Waals surface area contributed by atoms with Crippen LogP contribution >= 0.6 is 0 Å². The van der Waals surface area contributed by atoms with Crippen LogP contribution < -0.4 is 20.1 Å². The quantitative estimate of drug-likeness (QED) is 0.627. The molecule has 2 N–H and O–H groups in total. The minimum atomic E-state index is -0.439. The van der Waals surface area contributed by atoms with E-state index in [2.05, 4.69) is 10.6 Å². The van der Waals surface area contributed by atoms with Crippen molar-refractivity contribution >= 4 is 29.2 Å². The summed E-state index contributed by atoms with van der Waals surface area (Å²) in [7, 11) is 2.89. The van der Waals surface area contributed by atoms with Gasteiger partial charge in [-0.3, -0.25) is 14.4 Å². The Morgan fingerprint density at radius 1 is 0.862 bits per heavy atom. The van der Waals surface area contributed by atoms with E-state index in [1.165, 1.54) is 14.2 Å². The molecule has 0 bridgehead atoms. The number of esters is 1. The smallest absolute Gasteiger partial charge is 0.306 e. The molecule has 0 aliphatic heterocycles. The van der Waals surface area contributed by atoms with Gasteiger partial charge in [-0.25, -0.2) is 0 Å². The number of benzene rings is 2. The number of carbonyl (C=O) groups excluding carboxylic acids is 3.